The number of hydrogen-bond donors (Lipinski definition) is 0. The van der Waals surface area contributed by atoms with Crippen LogP contribution < -0.4 is 0 Å². The Labute approximate surface area is 124 Å². The molecule has 0 saturated carbocycles. The van der Waals surface area contributed by atoms with Crippen LogP contribution in [0.25, 0.3) is 0 Å². The third-order valence-corrected chi connectivity index (χ3v) is 4.34. The van der Waals surface area contributed by atoms with E-state index >= 15 is 0 Å². The van der Waals surface area contributed by atoms with E-state index in [1.54, 1.807) is 17.8 Å². The molecule has 2 rings (SSSR count). The second kappa shape index (κ2) is 6.60. The molecule has 18 heavy (non-hydrogen) atoms. The summed E-state index contributed by atoms with van der Waals surface area (Å²) in [5.41, 5.74) is 1.80. The summed E-state index contributed by atoms with van der Waals surface area (Å²) in [5.74, 6) is 0.972. The van der Waals surface area contributed by atoms with Crippen LogP contribution in [0.3, 0.4) is 0 Å². The van der Waals surface area contributed by atoms with Crippen molar-refractivity contribution >= 4 is 39.3 Å². The average molecular weight is 346 g/mol. The third-order valence-electron chi connectivity index (χ3n) is 2.48. The zero-order valence-electron chi connectivity index (χ0n) is 9.50. The topological polar surface area (TPSA) is 0 Å². The van der Waals surface area contributed by atoms with Crippen LogP contribution in [0, 0.1) is 5.82 Å². The van der Waals surface area contributed by atoms with Gasteiger partial charge in [-0.2, -0.15) is 0 Å². The Morgan fingerprint density at radius 3 is 2.50 bits per heavy atom. The van der Waals surface area contributed by atoms with Crippen LogP contribution in [0.4, 0.5) is 4.39 Å². The van der Waals surface area contributed by atoms with Crippen molar-refractivity contribution in [1.82, 2.24) is 0 Å². The molecule has 2 aromatic rings. The van der Waals surface area contributed by atoms with Crippen molar-refractivity contribution in [2.24, 2.45) is 0 Å². The molecule has 0 aliphatic carbocycles. The van der Waals surface area contributed by atoms with Gasteiger partial charge >= 0.3 is 0 Å². The van der Waals surface area contributed by atoms with E-state index in [1.807, 2.05) is 30.3 Å². The van der Waals surface area contributed by atoms with Crippen LogP contribution in [0.5, 0.6) is 0 Å². The summed E-state index contributed by atoms with van der Waals surface area (Å²) >= 11 is 10.7. The number of benzene rings is 2. The molecule has 0 atom stereocenters. The maximum Gasteiger partial charge on any atom is 0.127 e. The van der Waals surface area contributed by atoms with E-state index in [0.29, 0.717) is 17.2 Å². The monoisotopic (exact) mass is 344 g/mol. The first-order valence-corrected chi connectivity index (χ1v) is 7.72. The number of halogens is 3. The van der Waals surface area contributed by atoms with Crippen LogP contribution in [-0.4, -0.2) is 0 Å². The third kappa shape index (κ3) is 3.74. The Bertz CT molecular complexity index is 528. The highest BCUT2D eigenvalue weighted by Crippen LogP contribution is 2.26. The summed E-state index contributed by atoms with van der Waals surface area (Å²) in [6, 6.07) is 13.0. The number of rotatable bonds is 4. The molecule has 0 fully saturated rings. The minimum atomic E-state index is -0.164. The van der Waals surface area contributed by atoms with Crippen LogP contribution >= 0.6 is 39.3 Å². The molecule has 2 aromatic carbocycles. The van der Waals surface area contributed by atoms with Gasteiger partial charge in [-0.05, 0) is 41.5 Å². The summed E-state index contributed by atoms with van der Waals surface area (Å²) in [7, 11) is 0. The largest absolute Gasteiger partial charge is 0.207 e. The van der Waals surface area contributed by atoms with Gasteiger partial charge in [0.05, 0.1) is 0 Å². The van der Waals surface area contributed by atoms with Crippen LogP contribution in [0.2, 0.25) is 0 Å². The highest BCUT2D eigenvalue weighted by atomic mass is 79.9. The minimum Gasteiger partial charge on any atom is -0.207 e. The van der Waals surface area contributed by atoms with Gasteiger partial charge in [-0.25, -0.2) is 4.39 Å². The number of alkyl halides is 1. The summed E-state index contributed by atoms with van der Waals surface area (Å²) in [6.45, 7) is 0. The predicted molar refractivity (Wildman–Crippen MR) is 79.7 cm³/mol. The predicted octanol–water partition coefficient (Wildman–Crippen LogP) is 5.62. The molecule has 0 amide bonds. The van der Waals surface area contributed by atoms with Crippen molar-refractivity contribution in [3.8, 4) is 0 Å². The summed E-state index contributed by atoms with van der Waals surface area (Å²) in [6.07, 6.45) is 0. The molecule has 94 valence electrons. The lowest BCUT2D eigenvalue weighted by Gasteiger charge is -2.05. The number of hydrogen-bond acceptors (Lipinski definition) is 1. The Morgan fingerprint density at radius 1 is 1.11 bits per heavy atom. The van der Waals surface area contributed by atoms with Gasteiger partial charge in [0.2, 0.25) is 0 Å². The normalized spacial score (nSPS) is 10.6. The molecule has 0 nitrogen and oxygen atoms in total. The smallest absolute Gasteiger partial charge is 0.127 e. The second-order valence-electron chi connectivity index (χ2n) is 3.80. The average Bonchev–Trinajstić information content (AvgIpc) is 2.40. The molecule has 0 heterocycles. The van der Waals surface area contributed by atoms with Gasteiger partial charge in [0.25, 0.3) is 0 Å². The van der Waals surface area contributed by atoms with Crippen molar-refractivity contribution in [3.63, 3.8) is 0 Å². The first-order chi connectivity index (χ1) is 8.69. The quantitative estimate of drug-likeness (QED) is 0.512. The fourth-order valence-corrected chi connectivity index (χ4v) is 2.95. The molecule has 4 heteroatoms. The van der Waals surface area contributed by atoms with E-state index in [2.05, 4.69) is 15.9 Å². The van der Waals surface area contributed by atoms with Gasteiger partial charge in [-0.3, -0.25) is 0 Å². The van der Waals surface area contributed by atoms with E-state index in [4.69, 9.17) is 11.6 Å². The van der Waals surface area contributed by atoms with Gasteiger partial charge < -0.3 is 0 Å². The molecule has 0 aliphatic heterocycles. The molecule has 0 radical (unpaired) electrons. The zero-order chi connectivity index (χ0) is 13.0. The minimum absolute atomic E-state index is 0.164. The van der Waals surface area contributed by atoms with Gasteiger partial charge in [0.1, 0.15) is 5.82 Å². The van der Waals surface area contributed by atoms with Crippen LogP contribution in [0.15, 0.2) is 51.8 Å². The Kier molecular flexibility index (Phi) is 5.10. The molecule has 0 unspecified atom stereocenters. The molecular formula is C14H11BrClFS. The Balaban J connectivity index is 2.04. The number of thioether (sulfide) groups is 1. The van der Waals surface area contributed by atoms with Gasteiger partial charge in [-0.1, -0.05) is 28.1 Å². The Hall–Kier alpha value is -0.510. The molecule has 0 spiro atoms. The van der Waals surface area contributed by atoms with Crippen molar-refractivity contribution in [2.45, 2.75) is 16.5 Å². The fourth-order valence-electron chi connectivity index (χ4n) is 1.49. The Morgan fingerprint density at radius 2 is 1.83 bits per heavy atom. The van der Waals surface area contributed by atoms with Gasteiger partial charge in [-0.15, -0.1) is 23.4 Å². The van der Waals surface area contributed by atoms with Crippen LogP contribution in [-0.2, 0) is 11.6 Å². The lowest BCUT2D eigenvalue weighted by Crippen LogP contribution is -1.87. The fraction of sp³-hybridized carbons (Fsp3) is 0.143. The van der Waals surface area contributed by atoms with Crippen LogP contribution in [0.1, 0.15) is 11.1 Å². The molecule has 0 aromatic heterocycles. The van der Waals surface area contributed by atoms with Gasteiger partial charge in [0.15, 0.2) is 0 Å². The maximum absolute atomic E-state index is 13.5. The van der Waals surface area contributed by atoms with Crippen molar-refractivity contribution in [1.29, 1.82) is 0 Å². The molecule has 0 saturated heterocycles. The van der Waals surface area contributed by atoms with Crippen molar-refractivity contribution in [3.05, 3.63) is 63.9 Å². The molecule has 0 bridgehead atoms. The van der Waals surface area contributed by atoms with E-state index in [0.717, 1.165) is 14.9 Å². The SMILES string of the molecule is Fc1ccc(Br)cc1CSc1ccc(CCl)cc1. The zero-order valence-corrected chi connectivity index (χ0v) is 12.7. The van der Waals surface area contributed by atoms with E-state index < -0.39 is 0 Å². The van der Waals surface area contributed by atoms with E-state index in [-0.39, 0.29) is 5.82 Å². The highest BCUT2D eigenvalue weighted by molar-refractivity contribution is 9.10. The first kappa shape index (κ1) is 13.9. The van der Waals surface area contributed by atoms with Gasteiger partial charge in [0, 0.05) is 21.0 Å². The lowest BCUT2D eigenvalue weighted by atomic mass is 10.2. The van der Waals surface area contributed by atoms with Crippen molar-refractivity contribution < 1.29 is 4.39 Å². The summed E-state index contributed by atoms with van der Waals surface area (Å²) < 4.78 is 14.4. The summed E-state index contributed by atoms with van der Waals surface area (Å²) in [5, 5.41) is 0. The first-order valence-electron chi connectivity index (χ1n) is 5.40. The summed E-state index contributed by atoms with van der Waals surface area (Å²) in [4.78, 5) is 1.11. The standard InChI is InChI=1S/C14H11BrClFS/c15-12-3-6-14(17)11(7-12)9-18-13-4-1-10(8-16)2-5-13/h1-7H,8-9H2. The molecule has 0 N–H and O–H groups in total. The van der Waals surface area contributed by atoms with E-state index in [1.165, 1.54) is 6.07 Å². The molecule has 0 aliphatic rings. The van der Waals surface area contributed by atoms with E-state index in [9.17, 15) is 4.39 Å². The lowest BCUT2D eigenvalue weighted by molar-refractivity contribution is 0.617. The highest BCUT2D eigenvalue weighted by Gasteiger charge is 2.04. The van der Waals surface area contributed by atoms with Crippen molar-refractivity contribution in [2.75, 3.05) is 0 Å². The second-order valence-corrected chi connectivity index (χ2v) is 6.03. The maximum atomic E-state index is 13.5. The molecular weight excluding hydrogens is 335 g/mol.